The summed E-state index contributed by atoms with van der Waals surface area (Å²) in [6.07, 6.45) is -0.141. The lowest BCUT2D eigenvalue weighted by Crippen LogP contribution is -2.57. The summed E-state index contributed by atoms with van der Waals surface area (Å²) in [5.74, 6) is -0.150. The second-order valence-electron chi connectivity index (χ2n) is 5.88. The van der Waals surface area contributed by atoms with Gasteiger partial charge in [-0.15, -0.1) is 0 Å². The van der Waals surface area contributed by atoms with Gasteiger partial charge in [0.25, 0.3) is 0 Å². The molecule has 1 saturated heterocycles. The van der Waals surface area contributed by atoms with Crippen LogP contribution in [0.3, 0.4) is 0 Å². The molecule has 0 spiro atoms. The van der Waals surface area contributed by atoms with Crippen molar-refractivity contribution in [3.8, 4) is 6.07 Å². The molecule has 1 atom stereocenters. The molecule has 0 aromatic carbocycles. The lowest BCUT2D eigenvalue weighted by atomic mass is 9.92. The van der Waals surface area contributed by atoms with Crippen LogP contribution in [-0.4, -0.2) is 49.3 Å². The minimum absolute atomic E-state index is 0.141. The average Bonchev–Trinajstić information content (AvgIpc) is 2.26. The fourth-order valence-electron chi connectivity index (χ4n) is 2.17. The van der Waals surface area contributed by atoms with Gasteiger partial charge in [-0.1, -0.05) is 0 Å². The van der Waals surface area contributed by atoms with Gasteiger partial charge in [-0.2, -0.15) is 5.26 Å². The molecule has 18 heavy (non-hydrogen) atoms. The lowest BCUT2D eigenvalue weighted by Gasteiger charge is -2.43. The standard InChI is InChI=1S/C13H22N2O3/c1-12(2,8-14)11(16)15-6-10(7-17-5)18-13(3,4)9-15/h10H,6-7,9H2,1-5H3/t10-/m1/s1. The fourth-order valence-corrected chi connectivity index (χ4v) is 2.17. The molecule has 102 valence electrons. The van der Waals surface area contributed by atoms with Crippen molar-refractivity contribution in [1.29, 1.82) is 5.26 Å². The number of methoxy groups -OCH3 is 1. The van der Waals surface area contributed by atoms with Gasteiger partial charge in [0.15, 0.2) is 0 Å². The van der Waals surface area contributed by atoms with Crippen LogP contribution in [-0.2, 0) is 14.3 Å². The first-order valence-electron chi connectivity index (χ1n) is 6.09. The van der Waals surface area contributed by atoms with E-state index in [-0.39, 0.29) is 12.0 Å². The molecule has 0 radical (unpaired) electrons. The van der Waals surface area contributed by atoms with E-state index in [2.05, 4.69) is 0 Å². The van der Waals surface area contributed by atoms with Crippen LogP contribution in [0, 0.1) is 16.7 Å². The van der Waals surface area contributed by atoms with Crippen LogP contribution in [0.5, 0.6) is 0 Å². The smallest absolute Gasteiger partial charge is 0.242 e. The number of nitrogens with zero attached hydrogens (tertiary/aromatic N) is 2. The second kappa shape index (κ2) is 5.25. The molecule has 1 aliphatic heterocycles. The van der Waals surface area contributed by atoms with Crippen molar-refractivity contribution in [2.45, 2.75) is 39.4 Å². The summed E-state index contributed by atoms with van der Waals surface area (Å²) in [4.78, 5) is 14.0. The van der Waals surface area contributed by atoms with Gasteiger partial charge in [-0.05, 0) is 27.7 Å². The molecule has 1 fully saturated rings. The summed E-state index contributed by atoms with van der Waals surface area (Å²) in [6, 6.07) is 2.05. The van der Waals surface area contributed by atoms with Gasteiger partial charge >= 0.3 is 0 Å². The van der Waals surface area contributed by atoms with Crippen LogP contribution in [0.1, 0.15) is 27.7 Å². The summed E-state index contributed by atoms with van der Waals surface area (Å²) in [6.45, 7) is 8.58. The first-order chi connectivity index (χ1) is 8.22. The van der Waals surface area contributed by atoms with Crippen molar-refractivity contribution in [1.82, 2.24) is 4.90 Å². The number of nitriles is 1. The Morgan fingerprint density at radius 3 is 2.72 bits per heavy atom. The molecule has 5 nitrogen and oxygen atoms in total. The molecule has 0 bridgehead atoms. The van der Waals surface area contributed by atoms with E-state index in [4.69, 9.17) is 14.7 Å². The van der Waals surface area contributed by atoms with Gasteiger partial charge in [0.1, 0.15) is 5.41 Å². The number of carbonyl (C=O) groups is 1. The number of morpholine rings is 1. The van der Waals surface area contributed by atoms with E-state index in [1.54, 1.807) is 25.9 Å². The third-order valence-electron chi connectivity index (χ3n) is 2.94. The van der Waals surface area contributed by atoms with Crippen LogP contribution in [0.15, 0.2) is 0 Å². The SMILES string of the molecule is COC[C@H]1CN(C(=O)C(C)(C)C#N)CC(C)(C)O1. The van der Waals surface area contributed by atoms with E-state index in [1.807, 2.05) is 19.9 Å². The molecule has 1 heterocycles. The number of rotatable bonds is 3. The van der Waals surface area contributed by atoms with Crippen LogP contribution in [0.2, 0.25) is 0 Å². The molecular formula is C13H22N2O3. The molecular weight excluding hydrogens is 232 g/mol. The van der Waals surface area contributed by atoms with Gasteiger partial charge in [-0.25, -0.2) is 0 Å². The monoisotopic (exact) mass is 254 g/mol. The minimum atomic E-state index is -0.995. The zero-order valence-electron chi connectivity index (χ0n) is 11.8. The molecule has 0 aliphatic carbocycles. The third kappa shape index (κ3) is 3.44. The van der Waals surface area contributed by atoms with Crippen molar-refractivity contribution >= 4 is 5.91 Å². The molecule has 0 aromatic rings. The van der Waals surface area contributed by atoms with Gasteiger partial charge in [-0.3, -0.25) is 4.79 Å². The quantitative estimate of drug-likeness (QED) is 0.759. The van der Waals surface area contributed by atoms with E-state index in [0.717, 1.165) is 0 Å². The topological polar surface area (TPSA) is 62.6 Å². The van der Waals surface area contributed by atoms with E-state index >= 15 is 0 Å². The molecule has 0 N–H and O–H groups in total. The van der Waals surface area contributed by atoms with Crippen LogP contribution in [0.4, 0.5) is 0 Å². The maximum atomic E-state index is 12.3. The molecule has 0 unspecified atom stereocenters. The zero-order valence-corrected chi connectivity index (χ0v) is 11.8. The highest BCUT2D eigenvalue weighted by Gasteiger charge is 2.40. The Labute approximate surface area is 109 Å². The Morgan fingerprint density at radius 1 is 1.61 bits per heavy atom. The number of carbonyl (C=O) groups excluding carboxylic acids is 1. The third-order valence-corrected chi connectivity index (χ3v) is 2.94. The van der Waals surface area contributed by atoms with Gasteiger partial charge < -0.3 is 14.4 Å². The predicted molar refractivity (Wildman–Crippen MR) is 66.8 cm³/mol. The van der Waals surface area contributed by atoms with Crippen molar-refractivity contribution < 1.29 is 14.3 Å². The first-order valence-corrected chi connectivity index (χ1v) is 6.09. The summed E-state index contributed by atoms with van der Waals surface area (Å²) >= 11 is 0. The number of ether oxygens (including phenoxy) is 2. The first kappa shape index (κ1) is 14.9. The molecule has 5 heteroatoms. The summed E-state index contributed by atoms with van der Waals surface area (Å²) in [7, 11) is 1.61. The van der Waals surface area contributed by atoms with Gasteiger partial charge in [0.05, 0.1) is 24.4 Å². The lowest BCUT2D eigenvalue weighted by molar-refractivity contribution is -0.172. The van der Waals surface area contributed by atoms with Crippen molar-refractivity contribution in [3.63, 3.8) is 0 Å². The normalized spacial score (nSPS) is 23.6. The van der Waals surface area contributed by atoms with Crippen molar-refractivity contribution in [2.75, 3.05) is 26.8 Å². The second-order valence-corrected chi connectivity index (χ2v) is 5.88. The van der Waals surface area contributed by atoms with E-state index in [1.165, 1.54) is 0 Å². The van der Waals surface area contributed by atoms with Gasteiger partial charge in [0.2, 0.25) is 5.91 Å². The highest BCUT2D eigenvalue weighted by atomic mass is 16.5. The Bertz CT molecular complexity index is 358. The Morgan fingerprint density at radius 2 is 2.22 bits per heavy atom. The highest BCUT2D eigenvalue weighted by molar-refractivity contribution is 5.84. The van der Waals surface area contributed by atoms with Gasteiger partial charge in [0, 0.05) is 20.2 Å². The predicted octanol–water partition coefficient (Wildman–Crippen LogP) is 1.19. The zero-order chi connectivity index (χ0) is 14.0. The maximum absolute atomic E-state index is 12.3. The average molecular weight is 254 g/mol. The molecule has 1 rings (SSSR count). The maximum Gasteiger partial charge on any atom is 0.242 e. The fraction of sp³-hybridized carbons (Fsp3) is 0.846. The Kier molecular flexibility index (Phi) is 4.36. The summed E-state index contributed by atoms with van der Waals surface area (Å²) < 4.78 is 10.9. The van der Waals surface area contributed by atoms with Crippen LogP contribution < -0.4 is 0 Å². The highest BCUT2D eigenvalue weighted by Crippen LogP contribution is 2.26. The van der Waals surface area contributed by atoms with E-state index < -0.39 is 11.0 Å². The van der Waals surface area contributed by atoms with Crippen molar-refractivity contribution in [2.24, 2.45) is 5.41 Å². The van der Waals surface area contributed by atoms with Crippen LogP contribution in [0.25, 0.3) is 0 Å². The number of hydrogen-bond donors (Lipinski definition) is 0. The summed E-state index contributed by atoms with van der Waals surface area (Å²) in [5, 5.41) is 9.04. The Hall–Kier alpha value is -1.12. The molecule has 1 aliphatic rings. The van der Waals surface area contributed by atoms with E-state index in [9.17, 15) is 4.79 Å². The molecule has 1 amide bonds. The molecule has 0 saturated carbocycles. The van der Waals surface area contributed by atoms with E-state index in [0.29, 0.717) is 19.7 Å². The number of hydrogen-bond acceptors (Lipinski definition) is 4. The van der Waals surface area contributed by atoms with Crippen LogP contribution >= 0.6 is 0 Å². The largest absolute Gasteiger partial charge is 0.382 e. The molecule has 0 aromatic heterocycles. The Balaban J connectivity index is 2.83. The number of amides is 1. The minimum Gasteiger partial charge on any atom is -0.382 e. The van der Waals surface area contributed by atoms with Crippen molar-refractivity contribution in [3.05, 3.63) is 0 Å². The summed E-state index contributed by atoms with van der Waals surface area (Å²) in [5.41, 5.74) is -1.41.